The zero-order valence-electron chi connectivity index (χ0n) is 18.0. The van der Waals surface area contributed by atoms with Crippen LogP contribution in [0.1, 0.15) is 5.82 Å². The Balaban J connectivity index is 1.48. The van der Waals surface area contributed by atoms with Crippen LogP contribution in [-0.4, -0.2) is 64.9 Å². The molecule has 2 aromatic carbocycles. The van der Waals surface area contributed by atoms with Crippen molar-refractivity contribution in [2.24, 2.45) is 0 Å². The highest BCUT2D eigenvalue weighted by atomic mass is 32.2. The summed E-state index contributed by atoms with van der Waals surface area (Å²) in [5, 5.41) is 15.3. The van der Waals surface area contributed by atoms with Crippen molar-refractivity contribution in [3.8, 4) is 5.75 Å². The van der Waals surface area contributed by atoms with Crippen LogP contribution in [0.2, 0.25) is 0 Å². The number of methoxy groups -OCH3 is 1. The smallest absolute Gasteiger partial charge is 0.273 e. The molecule has 0 bridgehead atoms. The lowest BCUT2D eigenvalue weighted by atomic mass is 10.2. The van der Waals surface area contributed by atoms with Crippen LogP contribution in [0.5, 0.6) is 5.75 Å². The molecule has 2 heterocycles. The van der Waals surface area contributed by atoms with E-state index < -0.39 is 4.92 Å². The highest BCUT2D eigenvalue weighted by Gasteiger charge is 2.17. The number of carbonyl (C=O) groups is 1. The molecule has 1 saturated heterocycles. The number of fused-ring (bicyclic) bond motifs is 1. The average molecular weight is 470 g/mol. The Morgan fingerprint density at radius 2 is 2.03 bits per heavy atom. The Kier molecular flexibility index (Phi) is 7.33. The Bertz CT molecular complexity index is 1170. The van der Waals surface area contributed by atoms with Crippen LogP contribution in [0.4, 0.5) is 11.4 Å². The molecule has 0 spiro atoms. The lowest BCUT2D eigenvalue weighted by molar-refractivity contribution is -0.384. The predicted octanol–water partition coefficient (Wildman–Crippen LogP) is 3.11. The fraction of sp³-hybridized carbons (Fsp3) is 0.318. The maximum absolute atomic E-state index is 12.6. The summed E-state index contributed by atoms with van der Waals surface area (Å²) in [7, 11) is 1.40. The van der Waals surface area contributed by atoms with E-state index in [1.54, 1.807) is 0 Å². The van der Waals surface area contributed by atoms with Gasteiger partial charge in [-0.1, -0.05) is 30.0 Å². The number of benzene rings is 2. The summed E-state index contributed by atoms with van der Waals surface area (Å²) in [4.78, 5) is 34.7. The van der Waals surface area contributed by atoms with Gasteiger partial charge in [-0.05, 0) is 12.1 Å². The van der Waals surface area contributed by atoms with Gasteiger partial charge in [0.15, 0.2) is 0 Å². The third-order valence-corrected chi connectivity index (χ3v) is 6.08. The number of thioether (sulfide) groups is 1. The quantitative estimate of drug-likeness (QED) is 0.230. The maximum Gasteiger partial charge on any atom is 0.273 e. The molecule has 1 amide bonds. The van der Waals surface area contributed by atoms with Crippen LogP contribution in [0.3, 0.4) is 0 Å². The number of hydrogen-bond donors (Lipinski definition) is 1. The normalized spacial score (nSPS) is 14.2. The maximum atomic E-state index is 12.6. The highest BCUT2D eigenvalue weighted by Crippen LogP contribution is 2.30. The van der Waals surface area contributed by atoms with Crippen molar-refractivity contribution in [3.63, 3.8) is 0 Å². The number of hydrogen-bond acceptors (Lipinski definition) is 9. The second-order valence-corrected chi connectivity index (χ2v) is 8.29. The van der Waals surface area contributed by atoms with E-state index >= 15 is 0 Å². The fourth-order valence-electron chi connectivity index (χ4n) is 3.45. The minimum Gasteiger partial charge on any atom is -0.494 e. The van der Waals surface area contributed by atoms with Gasteiger partial charge in [0.25, 0.3) is 5.69 Å². The fourth-order valence-corrected chi connectivity index (χ4v) is 4.29. The van der Waals surface area contributed by atoms with Crippen LogP contribution in [0.25, 0.3) is 10.9 Å². The molecule has 10 nitrogen and oxygen atoms in total. The molecule has 11 heteroatoms. The van der Waals surface area contributed by atoms with Gasteiger partial charge in [-0.3, -0.25) is 19.8 Å². The molecule has 0 aliphatic carbocycles. The Morgan fingerprint density at radius 1 is 1.24 bits per heavy atom. The average Bonchev–Trinajstić information content (AvgIpc) is 2.83. The van der Waals surface area contributed by atoms with Gasteiger partial charge in [0, 0.05) is 24.5 Å². The van der Waals surface area contributed by atoms with Crippen molar-refractivity contribution in [2.75, 3.05) is 44.5 Å². The lowest BCUT2D eigenvalue weighted by Crippen LogP contribution is -2.36. The number of anilines is 1. The molecule has 33 heavy (non-hydrogen) atoms. The first-order valence-electron chi connectivity index (χ1n) is 10.3. The Morgan fingerprint density at radius 3 is 2.79 bits per heavy atom. The number of rotatable bonds is 8. The molecule has 3 aromatic rings. The lowest BCUT2D eigenvalue weighted by Gasteiger charge is -2.25. The number of non-ortho nitro benzene ring substituents is 1. The van der Waals surface area contributed by atoms with Gasteiger partial charge >= 0.3 is 0 Å². The number of morpholine rings is 1. The minimum absolute atomic E-state index is 0.109. The summed E-state index contributed by atoms with van der Waals surface area (Å²) in [6, 6.07) is 11.8. The number of carbonyl (C=O) groups excluding carboxylic acids is 1. The van der Waals surface area contributed by atoms with Crippen LogP contribution in [0.15, 0.2) is 47.5 Å². The summed E-state index contributed by atoms with van der Waals surface area (Å²) < 4.78 is 10.6. The molecule has 0 unspecified atom stereocenters. The monoisotopic (exact) mass is 469 g/mol. The molecular formula is C22H23N5O5S. The molecular weight excluding hydrogens is 446 g/mol. The number of nitrogens with one attached hydrogen (secondary N) is 1. The zero-order valence-corrected chi connectivity index (χ0v) is 18.8. The second-order valence-electron chi connectivity index (χ2n) is 7.33. The minimum atomic E-state index is -0.515. The topological polar surface area (TPSA) is 120 Å². The van der Waals surface area contributed by atoms with Gasteiger partial charge < -0.3 is 14.8 Å². The summed E-state index contributed by atoms with van der Waals surface area (Å²) >= 11 is 1.32. The van der Waals surface area contributed by atoms with E-state index in [-0.39, 0.29) is 23.1 Å². The molecule has 0 atom stereocenters. The molecule has 0 radical (unpaired) electrons. The van der Waals surface area contributed by atoms with Gasteiger partial charge in [0.1, 0.15) is 16.6 Å². The van der Waals surface area contributed by atoms with Crippen LogP contribution in [-0.2, 0) is 16.1 Å². The van der Waals surface area contributed by atoms with Gasteiger partial charge in [-0.25, -0.2) is 9.97 Å². The van der Waals surface area contributed by atoms with E-state index in [2.05, 4.69) is 10.2 Å². The van der Waals surface area contributed by atoms with Crippen LogP contribution < -0.4 is 10.1 Å². The van der Waals surface area contributed by atoms with Crippen molar-refractivity contribution in [3.05, 3.63) is 58.4 Å². The Labute approximate surface area is 194 Å². The largest absolute Gasteiger partial charge is 0.494 e. The van der Waals surface area contributed by atoms with Crippen molar-refractivity contribution in [1.82, 2.24) is 14.9 Å². The van der Waals surface area contributed by atoms with Gasteiger partial charge in [-0.2, -0.15) is 0 Å². The molecule has 4 rings (SSSR count). The number of nitro groups is 1. The number of nitrogens with zero attached hydrogens (tertiary/aromatic N) is 4. The number of para-hydroxylation sites is 1. The highest BCUT2D eigenvalue weighted by molar-refractivity contribution is 8.00. The first kappa shape index (κ1) is 22.9. The van der Waals surface area contributed by atoms with E-state index in [1.165, 1.54) is 37.1 Å². The van der Waals surface area contributed by atoms with E-state index in [1.807, 2.05) is 24.3 Å². The van der Waals surface area contributed by atoms with Crippen molar-refractivity contribution in [1.29, 1.82) is 0 Å². The number of amides is 1. The van der Waals surface area contributed by atoms with E-state index in [9.17, 15) is 14.9 Å². The Hall–Kier alpha value is -3.28. The zero-order chi connectivity index (χ0) is 23.2. The summed E-state index contributed by atoms with van der Waals surface area (Å²) in [5.74, 6) is 0.765. The molecule has 0 saturated carbocycles. The van der Waals surface area contributed by atoms with Gasteiger partial charge in [-0.15, -0.1) is 0 Å². The first-order valence-corrected chi connectivity index (χ1v) is 11.3. The third kappa shape index (κ3) is 5.75. The van der Waals surface area contributed by atoms with Crippen molar-refractivity contribution in [2.45, 2.75) is 11.6 Å². The number of nitro benzene ring substituents is 1. The van der Waals surface area contributed by atoms with Crippen molar-refractivity contribution >= 4 is 39.9 Å². The molecule has 1 fully saturated rings. The second kappa shape index (κ2) is 10.6. The van der Waals surface area contributed by atoms with Crippen LogP contribution in [0, 0.1) is 10.1 Å². The summed E-state index contributed by atoms with van der Waals surface area (Å²) in [6.07, 6.45) is 0. The standard InChI is InChI=1S/C22H23N5O5S/c1-31-19-12-15(27(29)30)6-7-18(19)24-21(28)14-33-22-16-4-2-3-5-17(16)23-20(25-22)13-26-8-10-32-11-9-26/h2-7,12H,8-11,13-14H2,1H3,(H,24,28). The van der Waals surface area contributed by atoms with Crippen LogP contribution >= 0.6 is 11.8 Å². The van der Waals surface area contributed by atoms with Crippen molar-refractivity contribution < 1.29 is 19.2 Å². The number of ether oxygens (including phenoxy) is 2. The SMILES string of the molecule is COc1cc([N+](=O)[O-])ccc1NC(=O)CSc1nc(CN2CCOCC2)nc2ccccc12. The summed E-state index contributed by atoms with van der Waals surface area (Å²) in [5.41, 5.74) is 1.09. The third-order valence-electron chi connectivity index (χ3n) is 5.09. The number of aromatic nitrogens is 2. The molecule has 172 valence electrons. The predicted molar refractivity (Wildman–Crippen MR) is 125 cm³/mol. The first-order chi connectivity index (χ1) is 16.0. The molecule has 1 N–H and O–H groups in total. The van der Waals surface area contributed by atoms with E-state index in [0.29, 0.717) is 31.3 Å². The summed E-state index contributed by atoms with van der Waals surface area (Å²) in [6.45, 7) is 3.67. The molecule has 1 aliphatic rings. The van der Waals surface area contributed by atoms with E-state index in [4.69, 9.17) is 19.4 Å². The molecule has 1 aromatic heterocycles. The van der Waals surface area contributed by atoms with E-state index in [0.717, 1.165) is 29.0 Å². The van der Waals surface area contributed by atoms with Gasteiger partial charge in [0.2, 0.25) is 5.91 Å². The van der Waals surface area contributed by atoms with Gasteiger partial charge in [0.05, 0.1) is 54.8 Å². The molecule has 1 aliphatic heterocycles.